The maximum atomic E-state index is 12.1. The molecule has 0 radical (unpaired) electrons. The molecule has 1 rings (SSSR count). The van der Waals surface area contributed by atoms with E-state index in [2.05, 4.69) is 5.10 Å². The van der Waals surface area contributed by atoms with E-state index in [0.29, 0.717) is 0 Å². The molecule has 0 aliphatic carbocycles. The summed E-state index contributed by atoms with van der Waals surface area (Å²) in [6, 6.07) is 0. The van der Waals surface area contributed by atoms with Crippen molar-refractivity contribution in [1.82, 2.24) is 8.12 Å². The number of hydrazone groups is 1. The van der Waals surface area contributed by atoms with Gasteiger partial charge >= 0.3 is 6.18 Å². The molecule has 0 fully saturated rings. The predicted octanol–water partition coefficient (Wildman–Crippen LogP) is 1.42. The fraction of sp³-hybridized carbons (Fsp3) is 0.750. The topological polar surface area (TPSA) is 18.8 Å². The van der Waals surface area contributed by atoms with E-state index in [9.17, 15) is 13.2 Å². The molecule has 0 aromatic carbocycles. The molecule has 1 atom stereocenters. The van der Waals surface area contributed by atoms with Crippen LogP contribution in [0.4, 0.5) is 13.2 Å². The molecule has 1 aliphatic rings. The zero-order valence-corrected chi connectivity index (χ0v) is 7.67. The van der Waals surface area contributed by atoms with E-state index in [-0.39, 0.29) is 0 Å². The Bertz CT molecular complexity index is 168. The Morgan fingerprint density at radius 2 is 2.09 bits per heavy atom. The molecule has 0 saturated carbocycles. The average Bonchev–Trinajstić information content (AvgIpc) is 2.08. The molecule has 0 aromatic rings. The second-order valence-corrected chi connectivity index (χ2v) is 3.18. The van der Waals surface area contributed by atoms with Crippen molar-refractivity contribution < 1.29 is 13.2 Å². The summed E-state index contributed by atoms with van der Waals surface area (Å²) >= 11 is 1.56. The lowest BCUT2D eigenvalue weighted by atomic mass is 10.5. The highest BCUT2D eigenvalue weighted by Crippen LogP contribution is 2.30. The number of hydrogen-bond donors (Lipinski definition) is 0. The van der Waals surface area contributed by atoms with Gasteiger partial charge in [-0.2, -0.15) is 18.3 Å². The van der Waals surface area contributed by atoms with Gasteiger partial charge in [0.2, 0.25) is 6.17 Å². The van der Waals surface area contributed by atoms with Crippen molar-refractivity contribution in [3.8, 4) is 0 Å². The van der Waals surface area contributed by atoms with Crippen molar-refractivity contribution in [2.45, 2.75) is 12.3 Å². The zero-order valence-electron chi connectivity index (χ0n) is 5.51. The SMILES string of the molecule is CN1N=CN(I)C1C(F)(F)F. The molecule has 1 aliphatic heterocycles. The number of hydrogen-bond acceptors (Lipinski definition) is 3. The first-order chi connectivity index (χ1) is 4.93. The lowest BCUT2D eigenvalue weighted by Gasteiger charge is -2.25. The second kappa shape index (κ2) is 2.68. The molecule has 7 heteroatoms. The minimum absolute atomic E-state index is 0.867. The normalized spacial score (nSPS) is 25.0. The molecule has 0 spiro atoms. The Hall–Kier alpha value is -0.210. The summed E-state index contributed by atoms with van der Waals surface area (Å²) in [5.41, 5.74) is 0. The summed E-state index contributed by atoms with van der Waals surface area (Å²) in [6.45, 7) is 0. The van der Waals surface area contributed by atoms with Crippen LogP contribution in [0, 0.1) is 0 Å². The lowest BCUT2D eigenvalue weighted by molar-refractivity contribution is -0.190. The zero-order chi connectivity index (χ0) is 8.65. The molecule has 1 unspecified atom stereocenters. The van der Waals surface area contributed by atoms with Crippen LogP contribution in [-0.4, -0.2) is 33.9 Å². The van der Waals surface area contributed by atoms with Crippen LogP contribution in [0.15, 0.2) is 5.10 Å². The first-order valence-electron chi connectivity index (χ1n) is 2.70. The van der Waals surface area contributed by atoms with Gasteiger partial charge in [-0.3, -0.25) is 8.12 Å². The number of halogens is 4. The fourth-order valence-corrected chi connectivity index (χ4v) is 1.56. The van der Waals surface area contributed by atoms with E-state index < -0.39 is 12.3 Å². The summed E-state index contributed by atoms with van der Waals surface area (Å²) in [7, 11) is 1.29. The molecule has 3 nitrogen and oxygen atoms in total. The van der Waals surface area contributed by atoms with Crippen LogP contribution in [0.2, 0.25) is 0 Å². The summed E-state index contributed by atoms with van der Waals surface area (Å²) < 4.78 is 37.3. The predicted molar refractivity (Wildman–Crippen MR) is 42.0 cm³/mol. The molecular formula is C4H5F3IN3. The van der Waals surface area contributed by atoms with Crippen LogP contribution in [0.25, 0.3) is 0 Å². The van der Waals surface area contributed by atoms with Crippen molar-refractivity contribution in [3.63, 3.8) is 0 Å². The molecule has 1 heterocycles. The molecular weight excluding hydrogens is 274 g/mol. The van der Waals surface area contributed by atoms with Crippen LogP contribution < -0.4 is 0 Å². The van der Waals surface area contributed by atoms with Crippen LogP contribution in [0.1, 0.15) is 0 Å². The third-order valence-electron chi connectivity index (χ3n) is 1.22. The van der Waals surface area contributed by atoms with Crippen LogP contribution in [-0.2, 0) is 0 Å². The van der Waals surface area contributed by atoms with Crippen molar-refractivity contribution in [3.05, 3.63) is 0 Å². The van der Waals surface area contributed by atoms with E-state index in [0.717, 1.165) is 14.5 Å². The summed E-state index contributed by atoms with van der Waals surface area (Å²) in [4.78, 5) is 0. The maximum Gasteiger partial charge on any atom is 0.429 e. The molecule has 0 aromatic heterocycles. The van der Waals surface area contributed by atoms with Gasteiger partial charge in [-0.25, -0.2) is 0 Å². The number of rotatable bonds is 0. The molecule has 0 amide bonds. The monoisotopic (exact) mass is 279 g/mol. The van der Waals surface area contributed by atoms with E-state index in [1.165, 1.54) is 7.05 Å². The van der Waals surface area contributed by atoms with E-state index in [1.807, 2.05) is 0 Å². The summed E-state index contributed by atoms with van der Waals surface area (Å²) in [5, 5.41) is 4.34. The van der Waals surface area contributed by atoms with Gasteiger partial charge in [0, 0.05) is 7.05 Å². The lowest BCUT2D eigenvalue weighted by Crippen LogP contribution is -2.44. The maximum absolute atomic E-state index is 12.1. The third-order valence-corrected chi connectivity index (χ3v) is 2.00. The average molecular weight is 279 g/mol. The third kappa shape index (κ3) is 1.68. The van der Waals surface area contributed by atoms with Gasteiger partial charge in [-0.15, -0.1) is 0 Å². The number of nitrogens with zero attached hydrogens (tertiary/aromatic N) is 3. The van der Waals surface area contributed by atoms with Gasteiger partial charge in [0.25, 0.3) is 0 Å². The van der Waals surface area contributed by atoms with Gasteiger partial charge in [0.05, 0.1) is 22.9 Å². The number of alkyl halides is 3. The van der Waals surface area contributed by atoms with Crippen LogP contribution in [0.3, 0.4) is 0 Å². The molecule has 0 saturated heterocycles. The van der Waals surface area contributed by atoms with Crippen molar-refractivity contribution in [2.75, 3.05) is 7.05 Å². The Morgan fingerprint density at radius 3 is 2.27 bits per heavy atom. The smallest absolute Gasteiger partial charge is 0.272 e. The fourth-order valence-electron chi connectivity index (χ4n) is 0.768. The summed E-state index contributed by atoms with van der Waals surface area (Å²) in [5.74, 6) is 0. The molecule has 11 heavy (non-hydrogen) atoms. The van der Waals surface area contributed by atoms with E-state index >= 15 is 0 Å². The van der Waals surface area contributed by atoms with Crippen molar-refractivity contribution in [1.29, 1.82) is 0 Å². The Morgan fingerprint density at radius 1 is 1.55 bits per heavy atom. The molecule has 0 bridgehead atoms. The first kappa shape index (κ1) is 8.88. The highest BCUT2D eigenvalue weighted by Gasteiger charge is 2.47. The first-order valence-corrected chi connectivity index (χ1v) is 3.67. The minimum atomic E-state index is -4.26. The Labute approximate surface area is 75.3 Å². The standard InChI is InChI=1S/C4H5F3IN3/c1-10-3(4(5,6)7)11(8)2-9-10/h2-3H,1H3. The minimum Gasteiger partial charge on any atom is -0.272 e. The molecule has 0 N–H and O–H groups in total. The largest absolute Gasteiger partial charge is 0.429 e. The Balaban J connectivity index is 2.74. The van der Waals surface area contributed by atoms with Crippen LogP contribution >= 0.6 is 22.9 Å². The van der Waals surface area contributed by atoms with Crippen molar-refractivity contribution >= 4 is 29.2 Å². The Kier molecular flexibility index (Phi) is 2.17. The van der Waals surface area contributed by atoms with Gasteiger partial charge in [-0.05, 0) is 0 Å². The van der Waals surface area contributed by atoms with Crippen molar-refractivity contribution in [2.24, 2.45) is 5.10 Å². The quantitative estimate of drug-likeness (QED) is 0.493. The van der Waals surface area contributed by atoms with E-state index in [1.54, 1.807) is 22.9 Å². The summed E-state index contributed by atoms with van der Waals surface area (Å²) in [6.07, 6.45) is -4.74. The van der Waals surface area contributed by atoms with Crippen LogP contribution in [0.5, 0.6) is 0 Å². The second-order valence-electron chi connectivity index (χ2n) is 2.06. The molecule has 64 valence electrons. The van der Waals surface area contributed by atoms with Gasteiger partial charge < -0.3 is 0 Å². The highest BCUT2D eigenvalue weighted by atomic mass is 127. The highest BCUT2D eigenvalue weighted by molar-refractivity contribution is 14.1. The van der Waals surface area contributed by atoms with Gasteiger partial charge in [0.15, 0.2) is 0 Å². The van der Waals surface area contributed by atoms with Gasteiger partial charge in [-0.1, -0.05) is 0 Å². The van der Waals surface area contributed by atoms with E-state index in [4.69, 9.17) is 0 Å². The van der Waals surface area contributed by atoms with Gasteiger partial charge in [0.1, 0.15) is 6.34 Å².